The minimum Gasteiger partial charge on any atom is -0.362 e. The van der Waals surface area contributed by atoms with Crippen LogP contribution in [0.3, 0.4) is 0 Å². The van der Waals surface area contributed by atoms with E-state index in [1.165, 1.54) is 6.42 Å². The Labute approximate surface area is 111 Å². The Kier molecular flexibility index (Phi) is 4.04. The van der Waals surface area contributed by atoms with E-state index in [1.54, 1.807) is 0 Å². The molecule has 0 amide bonds. The summed E-state index contributed by atoms with van der Waals surface area (Å²) in [5, 5.41) is 0. The SMILES string of the molecule is CC(C)N1C=CN(C(C)CCN2C=CN(C)C2)C1. The molecule has 0 saturated heterocycles. The molecule has 0 radical (unpaired) electrons. The van der Waals surface area contributed by atoms with Gasteiger partial charge < -0.3 is 19.6 Å². The summed E-state index contributed by atoms with van der Waals surface area (Å²) >= 11 is 0. The van der Waals surface area contributed by atoms with Gasteiger partial charge in [0.05, 0.1) is 13.3 Å². The Bertz CT molecular complexity index is 324. The lowest BCUT2D eigenvalue weighted by Gasteiger charge is -2.30. The number of nitrogens with zero attached hydrogens (tertiary/aromatic N) is 4. The van der Waals surface area contributed by atoms with Crippen molar-refractivity contribution < 1.29 is 0 Å². The van der Waals surface area contributed by atoms with Gasteiger partial charge in [-0.15, -0.1) is 0 Å². The van der Waals surface area contributed by atoms with Crippen LogP contribution in [-0.2, 0) is 0 Å². The van der Waals surface area contributed by atoms with Gasteiger partial charge in [0.25, 0.3) is 0 Å². The topological polar surface area (TPSA) is 13.0 Å². The lowest BCUT2D eigenvalue weighted by Crippen LogP contribution is -2.36. The highest BCUT2D eigenvalue weighted by atomic mass is 15.4. The van der Waals surface area contributed by atoms with Crippen molar-refractivity contribution in [3.8, 4) is 0 Å². The van der Waals surface area contributed by atoms with Crippen LogP contribution in [0.15, 0.2) is 24.8 Å². The van der Waals surface area contributed by atoms with Crippen LogP contribution in [0.5, 0.6) is 0 Å². The molecule has 0 saturated carbocycles. The standard InChI is InChI=1S/C14H26N4/c1-13(2)17-9-10-18(12-17)14(3)5-6-16-8-7-15(4)11-16/h7-10,13-14H,5-6,11-12H2,1-4H3. The summed E-state index contributed by atoms with van der Waals surface area (Å²) in [6.45, 7) is 9.99. The lowest BCUT2D eigenvalue weighted by molar-refractivity contribution is 0.179. The Morgan fingerprint density at radius 3 is 2.22 bits per heavy atom. The van der Waals surface area contributed by atoms with Crippen LogP contribution in [0.4, 0.5) is 0 Å². The second-order valence-electron chi connectivity index (χ2n) is 5.71. The minimum atomic E-state index is 0.591. The van der Waals surface area contributed by atoms with E-state index in [0.717, 1.165) is 19.9 Å². The van der Waals surface area contributed by atoms with Gasteiger partial charge in [-0.05, 0) is 27.2 Å². The molecule has 4 heteroatoms. The predicted octanol–water partition coefficient (Wildman–Crippen LogP) is 1.90. The largest absolute Gasteiger partial charge is 0.362 e. The summed E-state index contributed by atoms with van der Waals surface area (Å²) < 4.78 is 0. The van der Waals surface area contributed by atoms with Crippen LogP contribution in [0.2, 0.25) is 0 Å². The van der Waals surface area contributed by atoms with Gasteiger partial charge in [-0.3, -0.25) is 0 Å². The zero-order chi connectivity index (χ0) is 13.1. The van der Waals surface area contributed by atoms with Crippen LogP contribution in [0.25, 0.3) is 0 Å². The molecule has 0 aromatic carbocycles. The Morgan fingerprint density at radius 2 is 1.67 bits per heavy atom. The second-order valence-corrected chi connectivity index (χ2v) is 5.71. The molecule has 1 atom stereocenters. The molecule has 0 N–H and O–H groups in total. The van der Waals surface area contributed by atoms with E-state index in [4.69, 9.17) is 0 Å². The van der Waals surface area contributed by atoms with Crippen molar-refractivity contribution >= 4 is 0 Å². The van der Waals surface area contributed by atoms with Crippen LogP contribution in [0.1, 0.15) is 27.2 Å². The quantitative estimate of drug-likeness (QED) is 0.739. The van der Waals surface area contributed by atoms with Gasteiger partial charge in [0, 0.05) is 50.5 Å². The lowest BCUT2D eigenvalue weighted by atomic mass is 10.2. The van der Waals surface area contributed by atoms with Gasteiger partial charge in [-0.25, -0.2) is 0 Å². The molecule has 0 fully saturated rings. The fraction of sp³-hybridized carbons (Fsp3) is 0.714. The summed E-state index contributed by atoms with van der Waals surface area (Å²) in [4.78, 5) is 9.39. The van der Waals surface area contributed by atoms with E-state index in [-0.39, 0.29) is 0 Å². The molecular formula is C14H26N4. The van der Waals surface area contributed by atoms with Gasteiger partial charge in [0.15, 0.2) is 0 Å². The van der Waals surface area contributed by atoms with Crippen LogP contribution in [0, 0.1) is 0 Å². The summed E-state index contributed by atoms with van der Waals surface area (Å²) in [5.41, 5.74) is 0. The van der Waals surface area contributed by atoms with E-state index in [9.17, 15) is 0 Å². The molecular weight excluding hydrogens is 224 g/mol. The van der Waals surface area contributed by atoms with Crippen molar-refractivity contribution in [2.75, 3.05) is 26.9 Å². The molecule has 0 bridgehead atoms. The first-order valence-corrected chi connectivity index (χ1v) is 6.88. The predicted molar refractivity (Wildman–Crippen MR) is 75.4 cm³/mol. The third kappa shape index (κ3) is 3.12. The monoisotopic (exact) mass is 250 g/mol. The van der Waals surface area contributed by atoms with Gasteiger partial charge >= 0.3 is 0 Å². The third-order valence-electron chi connectivity index (χ3n) is 3.78. The zero-order valence-electron chi connectivity index (χ0n) is 12.1. The van der Waals surface area contributed by atoms with Crippen molar-refractivity contribution in [1.82, 2.24) is 19.6 Å². The fourth-order valence-electron chi connectivity index (χ4n) is 2.33. The van der Waals surface area contributed by atoms with E-state index in [0.29, 0.717) is 12.1 Å². The maximum Gasteiger partial charge on any atom is 0.0899 e. The molecule has 1 unspecified atom stereocenters. The molecule has 0 spiro atoms. The molecule has 2 aliphatic rings. The van der Waals surface area contributed by atoms with E-state index in [1.807, 2.05) is 0 Å². The maximum absolute atomic E-state index is 2.43. The van der Waals surface area contributed by atoms with Crippen LogP contribution < -0.4 is 0 Å². The van der Waals surface area contributed by atoms with Gasteiger partial charge in [-0.2, -0.15) is 0 Å². The van der Waals surface area contributed by atoms with Crippen molar-refractivity contribution in [1.29, 1.82) is 0 Å². The molecule has 2 heterocycles. The van der Waals surface area contributed by atoms with E-state index >= 15 is 0 Å². The normalized spacial score (nSPS) is 20.7. The third-order valence-corrected chi connectivity index (χ3v) is 3.78. The zero-order valence-corrected chi connectivity index (χ0v) is 12.1. The summed E-state index contributed by atoms with van der Waals surface area (Å²) in [6, 6.07) is 1.19. The average Bonchev–Trinajstić information content (AvgIpc) is 2.94. The van der Waals surface area contributed by atoms with Crippen molar-refractivity contribution in [3.63, 3.8) is 0 Å². The molecule has 2 rings (SSSR count). The smallest absolute Gasteiger partial charge is 0.0899 e. The Balaban J connectivity index is 1.71. The maximum atomic E-state index is 2.43. The molecule has 102 valence electrons. The van der Waals surface area contributed by atoms with E-state index in [2.05, 4.69) is 72.2 Å². The number of hydrogen-bond acceptors (Lipinski definition) is 4. The second kappa shape index (κ2) is 5.55. The Hall–Kier alpha value is -1.32. The summed E-state index contributed by atoms with van der Waals surface area (Å²) in [7, 11) is 2.11. The minimum absolute atomic E-state index is 0.591. The number of rotatable bonds is 5. The van der Waals surface area contributed by atoms with Crippen molar-refractivity contribution in [2.24, 2.45) is 0 Å². The fourth-order valence-corrected chi connectivity index (χ4v) is 2.33. The average molecular weight is 250 g/mol. The molecule has 18 heavy (non-hydrogen) atoms. The number of hydrogen-bond donors (Lipinski definition) is 0. The highest BCUT2D eigenvalue weighted by Crippen LogP contribution is 2.16. The van der Waals surface area contributed by atoms with Crippen molar-refractivity contribution in [2.45, 2.75) is 39.3 Å². The molecule has 0 aromatic rings. The highest BCUT2D eigenvalue weighted by molar-refractivity contribution is 4.95. The van der Waals surface area contributed by atoms with Crippen molar-refractivity contribution in [3.05, 3.63) is 24.8 Å². The van der Waals surface area contributed by atoms with Gasteiger partial charge in [0.2, 0.25) is 0 Å². The van der Waals surface area contributed by atoms with Crippen LogP contribution >= 0.6 is 0 Å². The van der Waals surface area contributed by atoms with Gasteiger partial charge in [-0.1, -0.05) is 0 Å². The van der Waals surface area contributed by atoms with E-state index < -0.39 is 0 Å². The summed E-state index contributed by atoms with van der Waals surface area (Å²) in [6.07, 6.45) is 9.98. The molecule has 0 aromatic heterocycles. The first-order chi connectivity index (χ1) is 8.56. The molecule has 2 aliphatic heterocycles. The first-order valence-electron chi connectivity index (χ1n) is 6.88. The molecule has 0 aliphatic carbocycles. The Morgan fingerprint density at radius 1 is 0.944 bits per heavy atom. The molecule has 4 nitrogen and oxygen atoms in total. The summed E-state index contributed by atoms with van der Waals surface area (Å²) in [5.74, 6) is 0. The highest BCUT2D eigenvalue weighted by Gasteiger charge is 2.20. The van der Waals surface area contributed by atoms with Crippen LogP contribution in [-0.4, -0.2) is 58.6 Å². The first kappa shape index (κ1) is 13.1. The van der Waals surface area contributed by atoms with Gasteiger partial charge in [0.1, 0.15) is 0 Å².